The number of pyridine rings is 1. The van der Waals surface area contributed by atoms with Crippen LogP contribution in [0.25, 0.3) is 28.5 Å². The zero-order valence-electron chi connectivity index (χ0n) is 22.0. The predicted octanol–water partition coefficient (Wildman–Crippen LogP) is 4.70. The summed E-state index contributed by atoms with van der Waals surface area (Å²) in [6.07, 6.45) is 8.59. The van der Waals surface area contributed by atoms with E-state index in [9.17, 15) is 9.59 Å². The molecule has 1 amide bonds. The maximum atomic E-state index is 13.4. The number of aryl methyl sites for hydroxylation is 1. The second-order valence-electron chi connectivity index (χ2n) is 10.5. The number of likely N-dealkylation sites (tertiary alicyclic amines) is 1. The number of fused-ring (bicyclic) bond motifs is 1. The first-order valence-corrected chi connectivity index (χ1v) is 12.6. The van der Waals surface area contributed by atoms with Crippen LogP contribution in [0.15, 0.2) is 41.4 Å². The summed E-state index contributed by atoms with van der Waals surface area (Å²) in [6, 6.07) is 3.65. The van der Waals surface area contributed by atoms with Crippen LogP contribution in [-0.2, 0) is 4.74 Å². The fourth-order valence-electron chi connectivity index (χ4n) is 4.70. The third kappa shape index (κ3) is 5.09. The monoisotopic (exact) mass is 517 g/mol. The normalized spacial score (nSPS) is 15.8. The number of nitrogens with zero attached hydrogens (tertiary/aromatic N) is 6. The molecule has 5 heterocycles. The number of carbonyl (C=O) groups excluding carboxylic acids is 2. The summed E-state index contributed by atoms with van der Waals surface area (Å²) in [7, 11) is 0. The van der Waals surface area contributed by atoms with Crippen LogP contribution >= 0.6 is 0 Å². The summed E-state index contributed by atoms with van der Waals surface area (Å²) in [4.78, 5) is 45.5. The van der Waals surface area contributed by atoms with Gasteiger partial charge in [-0.15, -0.1) is 0 Å². The van der Waals surface area contributed by atoms with Gasteiger partial charge in [0.25, 0.3) is 0 Å². The molecule has 0 saturated carbocycles. The quantitative estimate of drug-likeness (QED) is 0.360. The molecule has 11 nitrogen and oxygen atoms in total. The molecule has 0 aromatic carbocycles. The highest BCUT2D eigenvalue weighted by molar-refractivity contribution is 5.99. The number of nitrogens with two attached hydrogens (primary N) is 1. The van der Waals surface area contributed by atoms with E-state index in [-0.39, 0.29) is 41.7 Å². The molecule has 38 heavy (non-hydrogen) atoms. The number of amides is 1. The Hall–Kier alpha value is -4.28. The van der Waals surface area contributed by atoms with Gasteiger partial charge in [0, 0.05) is 42.7 Å². The van der Waals surface area contributed by atoms with Crippen molar-refractivity contribution in [2.24, 2.45) is 0 Å². The number of rotatable bonds is 6. The van der Waals surface area contributed by atoms with Crippen molar-refractivity contribution in [1.29, 1.82) is 0 Å². The van der Waals surface area contributed by atoms with Crippen molar-refractivity contribution in [3.05, 3.63) is 48.4 Å². The number of nitrogen functional groups attached to an aromatic ring is 1. The minimum atomic E-state index is -0.580. The van der Waals surface area contributed by atoms with Gasteiger partial charge >= 0.3 is 6.09 Å². The highest BCUT2D eigenvalue weighted by Crippen LogP contribution is 2.31. The average Bonchev–Trinajstić information content (AvgIpc) is 3.63. The standard InChI is InChI=1S/C27H31N7O4/c1-16-14-30-20-10-7-17(15-34(16)20)21-23(25-29-11-13-37-25)32-24(28)22(31-21)19(35)9-8-18-6-5-12-33(18)26(36)38-27(2,3)4/h7,10-11,13-15,18H,5-6,8-9,12H2,1-4H3,(H2,28,32)/t18-/m1/s1. The molecular formula is C27H31N7O4. The number of hydrogen-bond donors (Lipinski definition) is 1. The van der Waals surface area contributed by atoms with Crippen molar-refractivity contribution in [2.75, 3.05) is 12.3 Å². The van der Waals surface area contributed by atoms with Crippen LogP contribution in [0.4, 0.5) is 10.6 Å². The Morgan fingerprint density at radius 3 is 2.74 bits per heavy atom. The molecular weight excluding hydrogens is 486 g/mol. The Morgan fingerprint density at radius 2 is 2.00 bits per heavy atom. The number of hydrogen-bond acceptors (Lipinski definition) is 9. The molecule has 1 atom stereocenters. The lowest BCUT2D eigenvalue weighted by atomic mass is 10.0. The molecule has 1 aliphatic heterocycles. The Morgan fingerprint density at radius 1 is 1.18 bits per heavy atom. The fraction of sp³-hybridized carbons (Fsp3) is 0.407. The van der Waals surface area contributed by atoms with Gasteiger partial charge in [-0.25, -0.2) is 24.7 Å². The average molecular weight is 518 g/mol. The van der Waals surface area contributed by atoms with E-state index in [1.807, 2.05) is 50.4 Å². The minimum absolute atomic E-state index is 0.00209. The summed E-state index contributed by atoms with van der Waals surface area (Å²) in [5.41, 5.74) is 8.95. The Labute approximate surface area is 220 Å². The first-order valence-electron chi connectivity index (χ1n) is 12.6. The van der Waals surface area contributed by atoms with Gasteiger partial charge in [-0.2, -0.15) is 0 Å². The molecule has 1 fully saturated rings. The van der Waals surface area contributed by atoms with Crippen LogP contribution in [0, 0.1) is 6.92 Å². The van der Waals surface area contributed by atoms with Gasteiger partial charge in [0.15, 0.2) is 17.3 Å². The van der Waals surface area contributed by atoms with Gasteiger partial charge < -0.3 is 24.2 Å². The molecule has 5 rings (SSSR count). The minimum Gasteiger partial charge on any atom is -0.444 e. The number of carbonyl (C=O) groups is 2. The molecule has 0 bridgehead atoms. The first-order chi connectivity index (χ1) is 18.1. The number of Topliss-reactive ketones (excluding diaryl/α,β-unsaturated/α-hetero) is 1. The van der Waals surface area contributed by atoms with Gasteiger partial charge in [-0.3, -0.25) is 4.79 Å². The lowest BCUT2D eigenvalue weighted by molar-refractivity contribution is 0.0218. The third-order valence-corrected chi connectivity index (χ3v) is 6.50. The summed E-state index contributed by atoms with van der Waals surface area (Å²) < 4.78 is 13.0. The van der Waals surface area contributed by atoms with Crippen LogP contribution < -0.4 is 5.73 Å². The molecule has 0 radical (unpaired) electrons. The molecule has 1 aliphatic rings. The summed E-state index contributed by atoms with van der Waals surface area (Å²) in [5, 5.41) is 0. The molecule has 2 N–H and O–H groups in total. The third-order valence-electron chi connectivity index (χ3n) is 6.50. The van der Waals surface area contributed by atoms with E-state index in [2.05, 4.69) is 15.0 Å². The van der Waals surface area contributed by atoms with E-state index in [0.29, 0.717) is 29.9 Å². The van der Waals surface area contributed by atoms with E-state index < -0.39 is 5.60 Å². The van der Waals surface area contributed by atoms with Crippen molar-refractivity contribution in [3.63, 3.8) is 0 Å². The summed E-state index contributed by atoms with van der Waals surface area (Å²) in [5.74, 6) is 0.00741. The largest absolute Gasteiger partial charge is 0.444 e. The van der Waals surface area contributed by atoms with Crippen LogP contribution in [0.2, 0.25) is 0 Å². The van der Waals surface area contributed by atoms with E-state index in [4.69, 9.17) is 19.9 Å². The fourth-order valence-corrected chi connectivity index (χ4v) is 4.70. The highest BCUT2D eigenvalue weighted by atomic mass is 16.6. The van der Waals surface area contributed by atoms with Crippen molar-refractivity contribution >= 4 is 23.3 Å². The van der Waals surface area contributed by atoms with Crippen LogP contribution in [0.5, 0.6) is 0 Å². The maximum absolute atomic E-state index is 13.4. The van der Waals surface area contributed by atoms with E-state index in [0.717, 1.165) is 24.2 Å². The van der Waals surface area contributed by atoms with Crippen LogP contribution in [0.1, 0.15) is 62.6 Å². The van der Waals surface area contributed by atoms with Crippen LogP contribution in [-0.4, -0.2) is 59.3 Å². The predicted molar refractivity (Wildman–Crippen MR) is 140 cm³/mol. The van der Waals surface area contributed by atoms with Crippen molar-refractivity contribution in [1.82, 2.24) is 29.2 Å². The van der Waals surface area contributed by atoms with E-state index in [1.54, 1.807) is 11.1 Å². The Bertz CT molecular complexity index is 1490. The van der Waals surface area contributed by atoms with Crippen molar-refractivity contribution < 1.29 is 18.7 Å². The smallest absolute Gasteiger partial charge is 0.410 e. The molecule has 198 valence electrons. The highest BCUT2D eigenvalue weighted by Gasteiger charge is 2.33. The first kappa shape index (κ1) is 25.4. The van der Waals surface area contributed by atoms with Gasteiger partial charge in [0.05, 0.1) is 6.20 Å². The molecule has 11 heteroatoms. The van der Waals surface area contributed by atoms with Gasteiger partial charge in [0.2, 0.25) is 5.89 Å². The Kier molecular flexibility index (Phi) is 6.60. The molecule has 1 saturated heterocycles. The zero-order valence-corrected chi connectivity index (χ0v) is 22.0. The molecule has 0 spiro atoms. The van der Waals surface area contributed by atoms with Crippen LogP contribution in [0.3, 0.4) is 0 Å². The maximum Gasteiger partial charge on any atom is 0.410 e. The number of oxazole rings is 1. The van der Waals surface area contributed by atoms with Crippen molar-refractivity contribution in [3.8, 4) is 22.8 Å². The lowest BCUT2D eigenvalue weighted by Crippen LogP contribution is -2.40. The second kappa shape index (κ2) is 9.88. The van der Waals surface area contributed by atoms with Gasteiger partial charge in [-0.05, 0) is 59.1 Å². The lowest BCUT2D eigenvalue weighted by Gasteiger charge is -2.28. The number of aromatic nitrogens is 5. The SMILES string of the molecule is Cc1cnc2ccc(-c3nc(C(=O)CC[C@H]4CCCN4C(=O)OC(C)(C)C)c(N)nc3-c3ncco3)cn12. The molecule has 0 unspecified atom stereocenters. The number of ketones is 1. The number of anilines is 1. The molecule has 4 aromatic rings. The summed E-state index contributed by atoms with van der Waals surface area (Å²) >= 11 is 0. The summed E-state index contributed by atoms with van der Waals surface area (Å²) in [6.45, 7) is 8.08. The number of ether oxygens (including phenoxy) is 1. The van der Waals surface area contributed by atoms with E-state index in [1.165, 1.54) is 12.5 Å². The second-order valence-corrected chi connectivity index (χ2v) is 10.5. The molecule has 0 aliphatic carbocycles. The van der Waals surface area contributed by atoms with Crippen molar-refractivity contribution in [2.45, 2.75) is 65.0 Å². The van der Waals surface area contributed by atoms with E-state index >= 15 is 0 Å². The zero-order chi connectivity index (χ0) is 27.0. The number of imidazole rings is 1. The van der Waals surface area contributed by atoms with Gasteiger partial charge in [0.1, 0.15) is 28.9 Å². The van der Waals surface area contributed by atoms with Gasteiger partial charge in [-0.1, -0.05) is 0 Å². The topological polar surface area (TPSA) is 142 Å². The molecule has 4 aromatic heterocycles. The Balaban J connectivity index is 1.43.